The maximum absolute atomic E-state index is 12.7. The minimum absolute atomic E-state index is 0.0960. The van der Waals surface area contributed by atoms with Crippen LogP contribution in [-0.4, -0.2) is 10.9 Å². The maximum atomic E-state index is 12.7. The second-order valence-electron chi connectivity index (χ2n) is 8.63. The normalized spacial score (nSPS) is 11.9. The van der Waals surface area contributed by atoms with Crippen molar-refractivity contribution in [3.05, 3.63) is 69.5 Å². The van der Waals surface area contributed by atoms with E-state index in [0.717, 1.165) is 21.9 Å². The van der Waals surface area contributed by atoms with Crippen LogP contribution in [0.15, 0.2) is 50.5 Å². The predicted molar refractivity (Wildman–Crippen MR) is 117 cm³/mol. The van der Waals surface area contributed by atoms with E-state index in [1.807, 2.05) is 19.9 Å². The number of furan rings is 1. The zero-order chi connectivity index (χ0) is 21.6. The van der Waals surface area contributed by atoms with E-state index in [1.165, 1.54) is 0 Å². The molecule has 0 bridgehead atoms. The van der Waals surface area contributed by atoms with E-state index in [1.54, 1.807) is 30.8 Å². The molecule has 4 rings (SSSR count). The van der Waals surface area contributed by atoms with E-state index in [-0.39, 0.29) is 17.7 Å². The zero-order valence-corrected chi connectivity index (χ0v) is 17.8. The molecule has 0 atom stereocenters. The highest BCUT2D eigenvalue weighted by molar-refractivity contribution is 6.07. The van der Waals surface area contributed by atoms with Crippen molar-refractivity contribution in [2.75, 3.05) is 5.32 Å². The maximum Gasteiger partial charge on any atom is 0.340 e. The number of anilines is 1. The van der Waals surface area contributed by atoms with Gasteiger partial charge in [-0.25, -0.2) is 4.79 Å². The number of amides is 1. The lowest BCUT2D eigenvalue weighted by atomic mass is 9.85. The van der Waals surface area contributed by atoms with Crippen molar-refractivity contribution in [3.8, 4) is 0 Å². The van der Waals surface area contributed by atoms with E-state index in [4.69, 9.17) is 8.83 Å². The molecule has 3 aromatic heterocycles. The Hall–Kier alpha value is -3.41. The first kappa shape index (κ1) is 19.9. The van der Waals surface area contributed by atoms with Gasteiger partial charge >= 0.3 is 5.63 Å². The molecule has 0 aliphatic heterocycles. The Balaban J connectivity index is 1.85. The van der Waals surface area contributed by atoms with Crippen molar-refractivity contribution in [1.29, 1.82) is 0 Å². The molecule has 0 saturated carbocycles. The lowest BCUT2D eigenvalue weighted by Crippen LogP contribution is -2.20. The van der Waals surface area contributed by atoms with Crippen LogP contribution in [0, 0.1) is 13.8 Å². The number of rotatable bonds is 3. The summed E-state index contributed by atoms with van der Waals surface area (Å²) in [5.41, 5.74) is 4.22. The van der Waals surface area contributed by atoms with E-state index in [9.17, 15) is 9.59 Å². The van der Waals surface area contributed by atoms with Crippen molar-refractivity contribution in [2.24, 2.45) is 0 Å². The number of carbonyl (C=O) groups excluding carboxylic acids is 1. The molecule has 0 unspecified atom stereocenters. The quantitative estimate of drug-likeness (QED) is 0.484. The fourth-order valence-corrected chi connectivity index (χ4v) is 3.85. The molecular weight excluding hydrogens is 380 g/mol. The van der Waals surface area contributed by atoms with Gasteiger partial charge in [0.2, 0.25) is 5.91 Å². The largest absolute Gasteiger partial charge is 0.463 e. The second kappa shape index (κ2) is 7.13. The van der Waals surface area contributed by atoms with Gasteiger partial charge in [-0.05, 0) is 48.6 Å². The molecule has 0 aliphatic carbocycles. The van der Waals surface area contributed by atoms with Gasteiger partial charge in [0.15, 0.2) is 0 Å². The minimum atomic E-state index is -0.511. The summed E-state index contributed by atoms with van der Waals surface area (Å²) in [7, 11) is 0. The number of aryl methyl sites for hydroxylation is 2. The molecule has 0 aliphatic rings. The number of nitrogens with one attached hydrogen (secondary N) is 1. The van der Waals surface area contributed by atoms with Gasteiger partial charge in [-0.15, -0.1) is 0 Å². The monoisotopic (exact) mass is 404 g/mol. The minimum Gasteiger partial charge on any atom is -0.463 e. The number of benzene rings is 1. The van der Waals surface area contributed by atoms with Crippen molar-refractivity contribution in [1.82, 2.24) is 4.98 Å². The first-order valence-corrected chi connectivity index (χ1v) is 9.84. The molecule has 30 heavy (non-hydrogen) atoms. The highest BCUT2D eigenvalue weighted by Crippen LogP contribution is 2.38. The number of carbonyl (C=O) groups is 1. The van der Waals surface area contributed by atoms with Crippen LogP contribution in [0.2, 0.25) is 0 Å². The summed E-state index contributed by atoms with van der Waals surface area (Å²) in [6.07, 6.45) is 4.86. The molecule has 0 spiro atoms. The van der Waals surface area contributed by atoms with Crippen molar-refractivity contribution in [3.63, 3.8) is 0 Å². The summed E-state index contributed by atoms with van der Waals surface area (Å²) >= 11 is 0. The average molecular weight is 404 g/mol. The summed E-state index contributed by atoms with van der Waals surface area (Å²) in [4.78, 5) is 29.2. The summed E-state index contributed by atoms with van der Waals surface area (Å²) in [5, 5.41) is 4.51. The summed E-state index contributed by atoms with van der Waals surface area (Å²) < 4.78 is 11.6. The van der Waals surface area contributed by atoms with Gasteiger partial charge in [-0.3, -0.25) is 9.78 Å². The van der Waals surface area contributed by atoms with Gasteiger partial charge in [0.05, 0.1) is 35.5 Å². The topological polar surface area (TPSA) is 85.3 Å². The Labute approximate surface area is 173 Å². The zero-order valence-electron chi connectivity index (χ0n) is 17.8. The third-order valence-electron chi connectivity index (χ3n) is 5.37. The van der Waals surface area contributed by atoms with Crippen LogP contribution >= 0.6 is 0 Å². The Morgan fingerprint density at radius 1 is 1.20 bits per heavy atom. The molecule has 0 fully saturated rings. The Bertz CT molecular complexity index is 1330. The first-order valence-electron chi connectivity index (χ1n) is 9.84. The van der Waals surface area contributed by atoms with Gasteiger partial charge in [-0.1, -0.05) is 20.8 Å². The molecule has 1 aromatic carbocycles. The molecule has 6 heteroatoms. The molecule has 0 radical (unpaired) electrons. The lowest BCUT2D eigenvalue weighted by molar-refractivity contribution is -0.115. The molecule has 3 heterocycles. The first-order chi connectivity index (χ1) is 14.2. The van der Waals surface area contributed by atoms with Crippen LogP contribution in [-0.2, 0) is 16.6 Å². The molecule has 6 nitrogen and oxygen atoms in total. The fraction of sp³-hybridized carbons (Fsp3) is 0.292. The van der Waals surface area contributed by atoms with Crippen LogP contribution in [0.25, 0.3) is 21.9 Å². The lowest BCUT2D eigenvalue weighted by Gasteiger charge is -2.17. The van der Waals surface area contributed by atoms with Crippen molar-refractivity contribution >= 4 is 33.5 Å². The highest BCUT2D eigenvalue weighted by atomic mass is 16.4. The van der Waals surface area contributed by atoms with Crippen molar-refractivity contribution in [2.45, 2.75) is 46.5 Å². The van der Waals surface area contributed by atoms with Crippen LogP contribution < -0.4 is 10.9 Å². The number of nitrogens with zero attached hydrogens (tertiary/aromatic N) is 1. The number of hydrogen-bond donors (Lipinski definition) is 1. The molecule has 154 valence electrons. The van der Waals surface area contributed by atoms with Crippen LogP contribution in [0.4, 0.5) is 5.69 Å². The van der Waals surface area contributed by atoms with Gasteiger partial charge in [-0.2, -0.15) is 0 Å². The summed E-state index contributed by atoms with van der Waals surface area (Å²) in [6.45, 7) is 10.2. The van der Waals surface area contributed by atoms with Crippen LogP contribution in [0.5, 0.6) is 0 Å². The van der Waals surface area contributed by atoms with E-state index in [0.29, 0.717) is 28.0 Å². The number of pyridine rings is 1. The third kappa shape index (κ3) is 3.38. The number of aromatic nitrogens is 1. The second-order valence-corrected chi connectivity index (χ2v) is 8.63. The van der Waals surface area contributed by atoms with Crippen LogP contribution in [0.3, 0.4) is 0 Å². The molecule has 0 saturated heterocycles. The standard InChI is InChI=1S/C24H24N2O4/c1-13-9-18-21(22-20(13)17(12-29-22)24(3,4)5)14(2)16(23(28)30-18)10-19(27)26-15-7-6-8-25-11-15/h6-9,11-12H,10H2,1-5H3,(H,26,27). The molecule has 4 aromatic rings. The van der Waals surface area contributed by atoms with Crippen LogP contribution in [0.1, 0.15) is 43.0 Å². The smallest absolute Gasteiger partial charge is 0.340 e. The average Bonchev–Trinajstić information content (AvgIpc) is 3.12. The number of hydrogen-bond acceptors (Lipinski definition) is 5. The van der Waals surface area contributed by atoms with Gasteiger partial charge in [0, 0.05) is 17.1 Å². The Morgan fingerprint density at radius 2 is 1.97 bits per heavy atom. The Morgan fingerprint density at radius 3 is 2.63 bits per heavy atom. The van der Waals surface area contributed by atoms with Crippen molar-refractivity contribution < 1.29 is 13.6 Å². The highest BCUT2D eigenvalue weighted by Gasteiger charge is 2.25. The predicted octanol–water partition coefficient (Wildman–Crippen LogP) is 5.03. The van der Waals surface area contributed by atoms with Gasteiger partial charge in [0.25, 0.3) is 0 Å². The van der Waals surface area contributed by atoms with Gasteiger partial charge in [0.1, 0.15) is 11.2 Å². The SMILES string of the molecule is Cc1cc2oc(=O)c(CC(=O)Nc3cccnc3)c(C)c2c2occ(C(C)(C)C)c12. The van der Waals surface area contributed by atoms with E-state index >= 15 is 0 Å². The fourth-order valence-electron chi connectivity index (χ4n) is 3.85. The summed E-state index contributed by atoms with van der Waals surface area (Å²) in [6, 6.07) is 5.34. The van der Waals surface area contributed by atoms with E-state index < -0.39 is 5.63 Å². The molecular formula is C24H24N2O4. The third-order valence-corrected chi connectivity index (χ3v) is 5.37. The number of fused-ring (bicyclic) bond motifs is 3. The summed E-state index contributed by atoms with van der Waals surface area (Å²) in [5.74, 6) is -0.309. The molecule has 1 amide bonds. The van der Waals surface area contributed by atoms with Gasteiger partial charge < -0.3 is 14.2 Å². The van der Waals surface area contributed by atoms with E-state index in [2.05, 4.69) is 31.1 Å². The molecule has 1 N–H and O–H groups in total. The Kier molecular flexibility index (Phi) is 4.73.